The van der Waals surface area contributed by atoms with Crippen LogP contribution < -0.4 is 10.6 Å². The molecule has 0 saturated carbocycles. The van der Waals surface area contributed by atoms with Crippen molar-refractivity contribution in [3.8, 4) is 0 Å². The van der Waals surface area contributed by atoms with E-state index in [1.165, 1.54) is 0 Å². The van der Waals surface area contributed by atoms with Crippen molar-refractivity contribution in [2.75, 3.05) is 6.54 Å². The number of benzene rings is 2. The van der Waals surface area contributed by atoms with Gasteiger partial charge in [-0.1, -0.05) is 53.5 Å². The fourth-order valence-corrected chi connectivity index (χ4v) is 2.56. The molecule has 0 spiro atoms. The minimum absolute atomic E-state index is 0.208. The Kier molecular flexibility index (Phi) is 7.09. The van der Waals surface area contributed by atoms with E-state index in [4.69, 9.17) is 23.2 Å². The summed E-state index contributed by atoms with van der Waals surface area (Å²) in [5.41, 5.74) is 1.85. The van der Waals surface area contributed by atoms with Gasteiger partial charge in [0.25, 0.3) is 0 Å². The Bertz CT molecular complexity index is 720. The Balaban J connectivity index is 1.68. The van der Waals surface area contributed by atoms with Crippen molar-refractivity contribution in [1.82, 2.24) is 10.6 Å². The molecule has 0 aromatic heterocycles. The topological polar surface area (TPSA) is 58.2 Å². The van der Waals surface area contributed by atoms with Crippen LogP contribution in [0.25, 0.3) is 0 Å². The van der Waals surface area contributed by atoms with E-state index < -0.39 is 0 Å². The van der Waals surface area contributed by atoms with E-state index in [0.717, 1.165) is 11.1 Å². The lowest BCUT2D eigenvalue weighted by atomic mass is 10.1. The molecule has 0 saturated heterocycles. The van der Waals surface area contributed by atoms with E-state index in [0.29, 0.717) is 29.6 Å². The fourth-order valence-electron chi connectivity index (χ4n) is 2.15. The fraction of sp³-hybridized carbons (Fsp3) is 0.222. The molecular weight excluding hydrogens is 347 g/mol. The van der Waals surface area contributed by atoms with Crippen molar-refractivity contribution in [3.05, 3.63) is 69.7 Å². The van der Waals surface area contributed by atoms with E-state index >= 15 is 0 Å². The molecule has 0 bridgehead atoms. The number of hydrogen-bond acceptors (Lipinski definition) is 2. The first-order valence-electron chi connectivity index (χ1n) is 7.56. The summed E-state index contributed by atoms with van der Waals surface area (Å²) in [5.74, 6) is -0.649. The average molecular weight is 365 g/mol. The number of carbonyl (C=O) groups is 2. The first-order valence-corrected chi connectivity index (χ1v) is 8.31. The maximum absolute atomic E-state index is 11.8. The second-order valence-corrected chi connectivity index (χ2v) is 6.12. The van der Waals surface area contributed by atoms with Crippen molar-refractivity contribution < 1.29 is 9.59 Å². The van der Waals surface area contributed by atoms with Gasteiger partial charge in [0.15, 0.2) is 0 Å². The first kappa shape index (κ1) is 18.3. The number of carbonyl (C=O) groups excluding carboxylic acids is 2. The molecule has 0 heterocycles. The van der Waals surface area contributed by atoms with Gasteiger partial charge < -0.3 is 10.6 Å². The van der Waals surface area contributed by atoms with E-state index in [1.807, 2.05) is 36.4 Å². The number of halogens is 2. The van der Waals surface area contributed by atoms with E-state index in [9.17, 15) is 9.59 Å². The van der Waals surface area contributed by atoms with Crippen molar-refractivity contribution >= 4 is 35.0 Å². The third-order valence-electron chi connectivity index (χ3n) is 3.38. The minimum Gasteiger partial charge on any atom is -0.355 e. The van der Waals surface area contributed by atoms with Crippen LogP contribution in [0.4, 0.5) is 0 Å². The standard InChI is InChI=1S/C18H18Cl2N2O2/c19-15-6-3-4-13(10-15)8-9-21-17(23)11-18(24)22-12-14-5-1-2-7-16(14)20/h1-7,10H,8-9,11-12H2,(H,21,23)(H,22,24). The highest BCUT2D eigenvalue weighted by molar-refractivity contribution is 6.31. The Hall–Kier alpha value is -2.04. The molecule has 2 amide bonds. The highest BCUT2D eigenvalue weighted by Crippen LogP contribution is 2.14. The van der Waals surface area contributed by atoms with Gasteiger partial charge >= 0.3 is 0 Å². The van der Waals surface area contributed by atoms with Crippen LogP contribution in [0.5, 0.6) is 0 Å². The average Bonchev–Trinajstić information content (AvgIpc) is 2.54. The molecule has 0 radical (unpaired) electrons. The van der Waals surface area contributed by atoms with Crippen LogP contribution in [0, 0.1) is 0 Å². The molecule has 2 aromatic rings. The van der Waals surface area contributed by atoms with Gasteiger partial charge in [0, 0.05) is 23.1 Å². The lowest BCUT2D eigenvalue weighted by Crippen LogP contribution is -2.32. The second kappa shape index (κ2) is 9.30. The summed E-state index contributed by atoms with van der Waals surface area (Å²) in [6.45, 7) is 0.755. The molecule has 126 valence electrons. The number of nitrogens with one attached hydrogen (secondary N) is 2. The molecule has 0 aliphatic rings. The van der Waals surface area contributed by atoms with Crippen molar-refractivity contribution in [1.29, 1.82) is 0 Å². The van der Waals surface area contributed by atoms with Gasteiger partial charge in [0.2, 0.25) is 11.8 Å². The molecule has 0 aliphatic heterocycles. The largest absolute Gasteiger partial charge is 0.355 e. The summed E-state index contributed by atoms with van der Waals surface area (Å²) in [4.78, 5) is 23.5. The predicted molar refractivity (Wildman–Crippen MR) is 96.1 cm³/mol. The highest BCUT2D eigenvalue weighted by Gasteiger charge is 2.09. The lowest BCUT2D eigenvalue weighted by molar-refractivity contribution is -0.129. The van der Waals surface area contributed by atoms with Gasteiger partial charge in [0.05, 0.1) is 0 Å². The summed E-state index contributed by atoms with van der Waals surface area (Å²) in [6, 6.07) is 14.7. The maximum atomic E-state index is 11.8. The molecule has 6 heteroatoms. The Morgan fingerprint density at radius 2 is 1.67 bits per heavy atom. The Morgan fingerprint density at radius 3 is 2.42 bits per heavy atom. The molecular formula is C18H18Cl2N2O2. The summed E-state index contributed by atoms with van der Waals surface area (Å²) >= 11 is 11.9. The summed E-state index contributed by atoms with van der Waals surface area (Å²) in [6.07, 6.45) is 0.452. The van der Waals surface area contributed by atoms with E-state index in [2.05, 4.69) is 10.6 Å². The summed E-state index contributed by atoms with van der Waals surface area (Å²) < 4.78 is 0. The third-order valence-corrected chi connectivity index (χ3v) is 3.98. The molecule has 0 unspecified atom stereocenters. The van der Waals surface area contributed by atoms with Crippen LogP contribution in [0.2, 0.25) is 10.0 Å². The van der Waals surface area contributed by atoms with Gasteiger partial charge in [-0.05, 0) is 35.7 Å². The van der Waals surface area contributed by atoms with Crippen LogP contribution in [-0.2, 0) is 22.6 Å². The number of amides is 2. The minimum atomic E-state index is -0.338. The SMILES string of the molecule is O=C(CC(=O)NCc1ccccc1Cl)NCCc1cccc(Cl)c1. The molecule has 2 aromatic carbocycles. The van der Waals surface area contributed by atoms with Gasteiger partial charge in [-0.15, -0.1) is 0 Å². The quantitative estimate of drug-likeness (QED) is 0.740. The van der Waals surface area contributed by atoms with Gasteiger partial charge in [-0.3, -0.25) is 9.59 Å². The summed E-state index contributed by atoms with van der Waals surface area (Å²) in [5, 5.41) is 6.66. The molecule has 2 rings (SSSR count). The van der Waals surface area contributed by atoms with Crippen LogP contribution in [0.1, 0.15) is 17.5 Å². The van der Waals surface area contributed by atoms with Crippen LogP contribution >= 0.6 is 23.2 Å². The molecule has 0 atom stereocenters. The van der Waals surface area contributed by atoms with E-state index in [-0.39, 0.29) is 18.2 Å². The molecule has 24 heavy (non-hydrogen) atoms. The highest BCUT2D eigenvalue weighted by atomic mass is 35.5. The van der Waals surface area contributed by atoms with Crippen LogP contribution in [-0.4, -0.2) is 18.4 Å². The van der Waals surface area contributed by atoms with Gasteiger partial charge in [-0.25, -0.2) is 0 Å². The Morgan fingerprint density at radius 1 is 0.917 bits per heavy atom. The molecule has 2 N–H and O–H groups in total. The number of rotatable bonds is 7. The normalized spacial score (nSPS) is 10.2. The maximum Gasteiger partial charge on any atom is 0.229 e. The molecule has 0 fully saturated rings. The van der Waals surface area contributed by atoms with Crippen LogP contribution in [0.15, 0.2) is 48.5 Å². The lowest BCUT2D eigenvalue weighted by Gasteiger charge is -2.08. The number of hydrogen-bond donors (Lipinski definition) is 2. The smallest absolute Gasteiger partial charge is 0.229 e. The third kappa shape index (κ3) is 6.22. The van der Waals surface area contributed by atoms with Crippen molar-refractivity contribution in [2.24, 2.45) is 0 Å². The molecule has 0 aliphatic carbocycles. The van der Waals surface area contributed by atoms with E-state index in [1.54, 1.807) is 12.1 Å². The molecule has 4 nitrogen and oxygen atoms in total. The van der Waals surface area contributed by atoms with Crippen molar-refractivity contribution in [2.45, 2.75) is 19.4 Å². The monoisotopic (exact) mass is 364 g/mol. The zero-order chi connectivity index (χ0) is 17.4. The van der Waals surface area contributed by atoms with Crippen LogP contribution in [0.3, 0.4) is 0 Å². The predicted octanol–water partition coefficient (Wildman–Crippen LogP) is 3.36. The Labute approximate surface area is 151 Å². The van der Waals surface area contributed by atoms with Gasteiger partial charge in [-0.2, -0.15) is 0 Å². The van der Waals surface area contributed by atoms with Gasteiger partial charge in [0.1, 0.15) is 6.42 Å². The van der Waals surface area contributed by atoms with Crippen molar-refractivity contribution in [3.63, 3.8) is 0 Å². The zero-order valence-corrected chi connectivity index (χ0v) is 14.5. The summed E-state index contributed by atoms with van der Waals surface area (Å²) in [7, 11) is 0. The second-order valence-electron chi connectivity index (χ2n) is 5.27. The zero-order valence-electron chi connectivity index (χ0n) is 13.0. The first-order chi connectivity index (χ1) is 11.5.